The number of hydrogen-bond acceptors (Lipinski definition) is 2. The van der Waals surface area contributed by atoms with Crippen molar-refractivity contribution in [1.82, 2.24) is 4.90 Å². The average molecular weight is 343 g/mol. The van der Waals surface area contributed by atoms with Gasteiger partial charge in [0.05, 0.1) is 0 Å². The molecule has 0 aliphatic rings. The van der Waals surface area contributed by atoms with Crippen LogP contribution in [-0.4, -0.2) is 24.1 Å². The summed E-state index contributed by atoms with van der Waals surface area (Å²) >= 11 is 0. The van der Waals surface area contributed by atoms with Gasteiger partial charge in [-0.05, 0) is 56.9 Å². The molecule has 1 atom stereocenters. The van der Waals surface area contributed by atoms with Gasteiger partial charge in [0.2, 0.25) is 0 Å². The van der Waals surface area contributed by atoms with Crippen molar-refractivity contribution in [2.24, 2.45) is 0 Å². The van der Waals surface area contributed by atoms with Crippen LogP contribution in [0.15, 0.2) is 30.3 Å². The number of aromatic hydroxyl groups is 1. The molecule has 0 amide bonds. The molecule has 0 saturated heterocycles. The summed E-state index contributed by atoms with van der Waals surface area (Å²) in [5.41, 5.74) is 5.94. The van der Waals surface area contributed by atoms with Gasteiger partial charge in [0.1, 0.15) is 5.75 Å². The zero-order valence-corrected chi connectivity index (χ0v) is 17.0. The normalized spacial score (nSPS) is 12.5. The van der Waals surface area contributed by atoms with Crippen molar-refractivity contribution < 1.29 is 5.11 Å². The first-order chi connectivity index (χ1) is 11.1. The van der Waals surface area contributed by atoms with Gasteiger partial charge in [-0.2, -0.15) is 0 Å². The molecule has 0 fully saturated rings. The van der Waals surface area contributed by atoms with Crippen LogP contribution in [0.5, 0.6) is 5.75 Å². The molecule has 0 heterocycles. The molecule has 1 unspecified atom stereocenters. The molecular weight excluding hydrogens is 313 g/mol. The Hall–Kier alpha value is -1.37. The molecular formula is C21H30NOP. The lowest BCUT2D eigenvalue weighted by molar-refractivity contribution is 0.403. The van der Waals surface area contributed by atoms with Gasteiger partial charge in [-0.1, -0.05) is 58.3 Å². The standard InChI is InChI=1S/C21H30NOP/c1-14-11-16(3)19(23)18(12-14)21(4,5)24-20-15(2)9-8-10-17(20)13-22(6)7/h8-12,23-24H,13H2,1-7H3. The maximum Gasteiger partial charge on any atom is 0.122 e. The van der Waals surface area contributed by atoms with Crippen LogP contribution >= 0.6 is 8.58 Å². The third kappa shape index (κ3) is 4.18. The second-order valence-corrected chi connectivity index (χ2v) is 9.57. The van der Waals surface area contributed by atoms with Crippen molar-refractivity contribution in [1.29, 1.82) is 0 Å². The summed E-state index contributed by atoms with van der Waals surface area (Å²) in [6.45, 7) is 11.7. The van der Waals surface area contributed by atoms with Gasteiger partial charge in [0, 0.05) is 17.3 Å². The first kappa shape index (κ1) is 19.0. The van der Waals surface area contributed by atoms with Gasteiger partial charge >= 0.3 is 0 Å². The minimum Gasteiger partial charge on any atom is -0.507 e. The van der Waals surface area contributed by atoms with E-state index in [-0.39, 0.29) is 5.16 Å². The molecule has 2 aromatic carbocycles. The van der Waals surface area contributed by atoms with Crippen LogP contribution < -0.4 is 5.30 Å². The van der Waals surface area contributed by atoms with Crippen molar-refractivity contribution >= 4 is 13.9 Å². The van der Waals surface area contributed by atoms with E-state index in [2.05, 4.69) is 71.0 Å². The van der Waals surface area contributed by atoms with Crippen LogP contribution in [0.3, 0.4) is 0 Å². The molecule has 2 nitrogen and oxygen atoms in total. The number of aryl methyl sites for hydroxylation is 3. The molecule has 0 bridgehead atoms. The monoisotopic (exact) mass is 343 g/mol. The number of benzene rings is 2. The van der Waals surface area contributed by atoms with Crippen LogP contribution in [0.4, 0.5) is 0 Å². The first-order valence-corrected chi connectivity index (χ1v) is 9.44. The molecule has 24 heavy (non-hydrogen) atoms. The van der Waals surface area contributed by atoms with E-state index in [0.717, 1.165) is 17.7 Å². The quantitative estimate of drug-likeness (QED) is 0.801. The molecule has 0 spiro atoms. The highest BCUT2D eigenvalue weighted by atomic mass is 31.1. The van der Waals surface area contributed by atoms with E-state index in [1.807, 2.05) is 13.0 Å². The summed E-state index contributed by atoms with van der Waals surface area (Å²) in [7, 11) is 4.82. The van der Waals surface area contributed by atoms with E-state index in [0.29, 0.717) is 14.3 Å². The lowest BCUT2D eigenvalue weighted by Crippen LogP contribution is -2.22. The Labute approximate surface area is 148 Å². The van der Waals surface area contributed by atoms with Crippen LogP contribution in [0.1, 0.15) is 41.7 Å². The minimum atomic E-state index is -0.103. The van der Waals surface area contributed by atoms with Crippen LogP contribution in [-0.2, 0) is 11.7 Å². The molecule has 2 rings (SSSR count). The summed E-state index contributed by atoms with van der Waals surface area (Å²) in [6.07, 6.45) is 0. The molecule has 0 aliphatic heterocycles. The van der Waals surface area contributed by atoms with E-state index in [4.69, 9.17) is 0 Å². The molecule has 1 N–H and O–H groups in total. The summed E-state index contributed by atoms with van der Waals surface area (Å²) in [5, 5.41) is 11.9. The second kappa shape index (κ2) is 7.25. The first-order valence-electron chi connectivity index (χ1n) is 8.44. The topological polar surface area (TPSA) is 23.5 Å². The van der Waals surface area contributed by atoms with Gasteiger partial charge in [0.25, 0.3) is 0 Å². The smallest absolute Gasteiger partial charge is 0.122 e. The molecule has 130 valence electrons. The van der Waals surface area contributed by atoms with Gasteiger partial charge in [0.15, 0.2) is 0 Å². The fourth-order valence-electron chi connectivity index (χ4n) is 3.20. The van der Waals surface area contributed by atoms with Crippen molar-refractivity contribution in [3.63, 3.8) is 0 Å². The van der Waals surface area contributed by atoms with E-state index in [1.54, 1.807) is 0 Å². The summed E-state index contributed by atoms with van der Waals surface area (Å²) in [4.78, 5) is 2.21. The maximum atomic E-state index is 10.6. The highest BCUT2D eigenvalue weighted by molar-refractivity contribution is 7.48. The number of rotatable bonds is 5. The molecule has 0 aliphatic carbocycles. The van der Waals surface area contributed by atoms with Crippen molar-refractivity contribution in [3.05, 3.63) is 58.1 Å². The Kier molecular flexibility index (Phi) is 5.73. The fraction of sp³-hybridized carbons (Fsp3) is 0.429. The van der Waals surface area contributed by atoms with Crippen LogP contribution in [0, 0.1) is 20.8 Å². The highest BCUT2D eigenvalue weighted by Crippen LogP contribution is 2.46. The molecule has 2 aromatic rings. The minimum absolute atomic E-state index is 0.103. The van der Waals surface area contributed by atoms with Gasteiger partial charge in [-0.25, -0.2) is 0 Å². The Balaban J connectivity index is 2.47. The second-order valence-electron chi connectivity index (χ2n) is 7.57. The maximum absolute atomic E-state index is 10.6. The van der Waals surface area contributed by atoms with Gasteiger partial charge < -0.3 is 10.0 Å². The predicted molar refractivity (Wildman–Crippen MR) is 107 cm³/mol. The SMILES string of the molecule is Cc1cc(C)c(O)c(C(C)(C)Pc2c(C)cccc2CN(C)C)c1. The van der Waals surface area contributed by atoms with Crippen molar-refractivity contribution in [3.8, 4) is 5.75 Å². The van der Waals surface area contributed by atoms with Crippen LogP contribution in [0.2, 0.25) is 0 Å². The highest BCUT2D eigenvalue weighted by Gasteiger charge is 2.27. The lowest BCUT2D eigenvalue weighted by Gasteiger charge is -2.30. The third-order valence-corrected chi connectivity index (χ3v) is 6.26. The molecule has 0 aromatic heterocycles. The van der Waals surface area contributed by atoms with Gasteiger partial charge in [-0.15, -0.1) is 0 Å². The summed E-state index contributed by atoms with van der Waals surface area (Å²) in [6, 6.07) is 10.7. The van der Waals surface area contributed by atoms with Gasteiger partial charge in [-0.3, -0.25) is 0 Å². The predicted octanol–water partition coefficient (Wildman–Crippen LogP) is 4.62. The van der Waals surface area contributed by atoms with E-state index < -0.39 is 0 Å². The summed E-state index contributed by atoms with van der Waals surface area (Å²) in [5.74, 6) is 0.445. The zero-order valence-electron chi connectivity index (χ0n) is 16.0. The number of phenolic OH excluding ortho intramolecular Hbond substituents is 1. The lowest BCUT2D eigenvalue weighted by atomic mass is 9.96. The van der Waals surface area contributed by atoms with E-state index >= 15 is 0 Å². The summed E-state index contributed by atoms with van der Waals surface area (Å²) < 4.78 is 0. The molecule has 3 heteroatoms. The van der Waals surface area contributed by atoms with E-state index in [1.165, 1.54) is 22.0 Å². The Morgan fingerprint density at radius 3 is 2.33 bits per heavy atom. The Morgan fingerprint density at radius 1 is 1.04 bits per heavy atom. The number of phenols is 1. The zero-order chi connectivity index (χ0) is 18.1. The average Bonchev–Trinajstić information content (AvgIpc) is 2.46. The number of nitrogens with zero attached hydrogens (tertiary/aromatic N) is 1. The van der Waals surface area contributed by atoms with Crippen LogP contribution in [0.25, 0.3) is 0 Å². The Bertz CT molecular complexity index is 735. The fourth-order valence-corrected chi connectivity index (χ4v) is 4.75. The van der Waals surface area contributed by atoms with Crippen molar-refractivity contribution in [2.45, 2.75) is 46.3 Å². The Morgan fingerprint density at radius 2 is 1.71 bits per heavy atom. The molecule has 0 radical (unpaired) electrons. The molecule has 0 saturated carbocycles. The number of hydrogen-bond donors (Lipinski definition) is 1. The van der Waals surface area contributed by atoms with Crippen molar-refractivity contribution in [2.75, 3.05) is 14.1 Å². The third-order valence-electron chi connectivity index (χ3n) is 4.40. The van der Waals surface area contributed by atoms with E-state index in [9.17, 15) is 5.11 Å². The largest absolute Gasteiger partial charge is 0.507 e.